The Hall–Kier alpha value is -0.340. The van der Waals surface area contributed by atoms with Gasteiger partial charge in [-0.15, -0.1) is 0 Å². The second-order valence-corrected chi connectivity index (χ2v) is 5.42. The van der Waals surface area contributed by atoms with Crippen LogP contribution in [-0.2, 0) is 12.8 Å². The van der Waals surface area contributed by atoms with Crippen LogP contribution < -0.4 is 5.73 Å². The zero-order valence-corrected chi connectivity index (χ0v) is 10.1. The van der Waals surface area contributed by atoms with Crippen LogP contribution in [0.4, 0.5) is 0 Å². The van der Waals surface area contributed by atoms with Crippen molar-refractivity contribution in [3.05, 3.63) is 33.8 Å². The predicted molar refractivity (Wildman–Crippen MR) is 63.3 cm³/mol. The van der Waals surface area contributed by atoms with Crippen LogP contribution in [-0.4, -0.2) is 6.54 Å². The van der Waals surface area contributed by atoms with Gasteiger partial charge in [-0.25, -0.2) is 0 Å². The van der Waals surface area contributed by atoms with Crippen LogP contribution in [0.5, 0.6) is 0 Å². The van der Waals surface area contributed by atoms with Crippen LogP contribution in [0.2, 0.25) is 0 Å². The number of hydrogen-bond donors (Lipinski definition) is 1. The Morgan fingerprint density at radius 2 is 2.29 bits per heavy atom. The summed E-state index contributed by atoms with van der Waals surface area (Å²) in [6, 6.07) is 6.47. The molecule has 1 nitrogen and oxygen atoms in total. The highest BCUT2D eigenvalue weighted by Gasteiger charge is 2.28. The van der Waals surface area contributed by atoms with Gasteiger partial charge in [0.25, 0.3) is 0 Å². The number of nitrogens with two attached hydrogens (primary N) is 1. The molecule has 2 rings (SSSR count). The van der Waals surface area contributed by atoms with Gasteiger partial charge in [0, 0.05) is 4.47 Å². The lowest BCUT2D eigenvalue weighted by atomic mass is 9.73. The highest BCUT2D eigenvalue weighted by molar-refractivity contribution is 9.10. The van der Waals surface area contributed by atoms with Gasteiger partial charge in [-0.1, -0.05) is 35.0 Å². The maximum Gasteiger partial charge on any atom is 0.0210 e. The van der Waals surface area contributed by atoms with E-state index in [2.05, 4.69) is 41.1 Å². The summed E-state index contributed by atoms with van der Waals surface area (Å²) in [4.78, 5) is 0. The summed E-state index contributed by atoms with van der Waals surface area (Å²) in [6.07, 6.45) is 3.49. The van der Waals surface area contributed by atoms with Gasteiger partial charge in [-0.3, -0.25) is 0 Å². The van der Waals surface area contributed by atoms with Crippen molar-refractivity contribution in [1.29, 1.82) is 0 Å². The van der Waals surface area contributed by atoms with Crippen LogP contribution >= 0.6 is 15.9 Å². The third kappa shape index (κ3) is 1.73. The molecule has 0 fully saturated rings. The molecular formula is C12H16BrN. The average Bonchev–Trinajstić information content (AvgIpc) is 2.18. The van der Waals surface area contributed by atoms with Gasteiger partial charge in [0.1, 0.15) is 0 Å². The largest absolute Gasteiger partial charge is 0.330 e. The van der Waals surface area contributed by atoms with E-state index >= 15 is 0 Å². The van der Waals surface area contributed by atoms with E-state index in [1.165, 1.54) is 22.0 Å². The van der Waals surface area contributed by atoms with Gasteiger partial charge in [-0.2, -0.15) is 0 Å². The molecule has 76 valence electrons. The van der Waals surface area contributed by atoms with E-state index in [4.69, 9.17) is 5.73 Å². The Balaban J connectivity index is 2.36. The fourth-order valence-electron chi connectivity index (χ4n) is 2.20. The first kappa shape index (κ1) is 10.2. The van der Waals surface area contributed by atoms with Crippen molar-refractivity contribution in [3.8, 4) is 0 Å². The second kappa shape index (κ2) is 3.67. The van der Waals surface area contributed by atoms with Crippen LogP contribution in [0.15, 0.2) is 22.7 Å². The van der Waals surface area contributed by atoms with Crippen molar-refractivity contribution in [2.45, 2.75) is 26.2 Å². The standard InChI is InChI=1S/C12H16BrN/c1-12(8-14)6-5-10-9(7-12)3-2-4-11(10)13/h2-4H,5-8,14H2,1H3. The molecule has 14 heavy (non-hydrogen) atoms. The topological polar surface area (TPSA) is 26.0 Å². The summed E-state index contributed by atoms with van der Waals surface area (Å²) in [5.74, 6) is 0. The zero-order chi connectivity index (χ0) is 10.2. The molecule has 0 saturated heterocycles. The predicted octanol–water partition coefficient (Wildman–Crippen LogP) is 2.90. The Morgan fingerprint density at radius 1 is 1.50 bits per heavy atom. The summed E-state index contributed by atoms with van der Waals surface area (Å²) in [7, 11) is 0. The molecular weight excluding hydrogens is 238 g/mol. The number of halogens is 1. The first-order valence-corrected chi connectivity index (χ1v) is 5.90. The second-order valence-electron chi connectivity index (χ2n) is 4.57. The molecule has 0 aliphatic heterocycles. The normalized spacial score (nSPS) is 25.9. The zero-order valence-electron chi connectivity index (χ0n) is 8.52. The molecule has 0 saturated carbocycles. The number of hydrogen-bond acceptors (Lipinski definition) is 1. The highest BCUT2D eigenvalue weighted by atomic mass is 79.9. The third-order valence-corrected chi connectivity index (χ3v) is 4.05. The minimum absolute atomic E-state index is 0.313. The van der Waals surface area contributed by atoms with E-state index in [0.717, 1.165) is 19.4 Å². The third-order valence-electron chi connectivity index (χ3n) is 3.30. The molecule has 1 aromatic carbocycles. The maximum absolute atomic E-state index is 5.82. The number of fused-ring (bicyclic) bond motifs is 1. The van der Waals surface area contributed by atoms with Gasteiger partial charge in [0.05, 0.1) is 0 Å². The van der Waals surface area contributed by atoms with E-state index < -0.39 is 0 Å². The van der Waals surface area contributed by atoms with Gasteiger partial charge in [-0.05, 0) is 48.4 Å². The van der Waals surface area contributed by atoms with E-state index in [-0.39, 0.29) is 0 Å². The van der Waals surface area contributed by atoms with Gasteiger partial charge < -0.3 is 5.73 Å². The molecule has 0 bridgehead atoms. The Bertz CT molecular complexity index is 348. The van der Waals surface area contributed by atoms with Crippen molar-refractivity contribution in [3.63, 3.8) is 0 Å². The summed E-state index contributed by atoms with van der Waals surface area (Å²) in [5, 5.41) is 0. The molecule has 2 heteroatoms. The van der Waals surface area contributed by atoms with Crippen LogP contribution in [0.1, 0.15) is 24.5 Å². The molecule has 1 aliphatic carbocycles. The van der Waals surface area contributed by atoms with Gasteiger partial charge >= 0.3 is 0 Å². The minimum atomic E-state index is 0.313. The highest BCUT2D eigenvalue weighted by Crippen LogP contribution is 2.37. The van der Waals surface area contributed by atoms with Gasteiger partial charge in [0.2, 0.25) is 0 Å². The fourth-order valence-corrected chi connectivity index (χ4v) is 2.80. The smallest absolute Gasteiger partial charge is 0.0210 e. The molecule has 1 aromatic rings. The van der Waals surface area contributed by atoms with Crippen molar-refractivity contribution < 1.29 is 0 Å². The van der Waals surface area contributed by atoms with Gasteiger partial charge in [0.15, 0.2) is 0 Å². The SMILES string of the molecule is CC1(CN)CCc2c(Br)cccc2C1. The lowest BCUT2D eigenvalue weighted by molar-refractivity contribution is 0.290. The van der Waals surface area contributed by atoms with E-state index in [9.17, 15) is 0 Å². The molecule has 1 atom stereocenters. The van der Waals surface area contributed by atoms with E-state index in [0.29, 0.717) is 5.41 Å². The Labute approximate surface area is 93.8 Å². The molecule has 0 spiro atoms. The molecule has 1 unspecified atom stereocenters. The molecule has 0 heterocycles. The quantitative estimate of drug-likeness (QED) is 0.819. The van der Waals surface area contributed by atoms with Crippen LogP contribution in [0, 0.1) is 5.41 Å². The Kier molecular flexibility index (Phi) is 2.67. The first-order chi connectivity index (χ1) is 6.64. The molecule has 0 radical (unpaired) electrons. The number of benzene rings is 1. The van der Waals surface area contributed by atoms with Crippen LogP contribution in [0.25, 0.3) is 0 Å². The van der Waals surface area contributed by atoms with Crippen molar-refractivity contribution >= 4 is 15.9 Å². The van der Waals surface area contributed by atoms with Crippen molar-refractivity contribution in [2.24, 2.45) is 11.1 Å². The molecule has 0 amide bonds. The van der Waals surface area contributed by atoms with E-state index in [1.54, 1.807) is 0 Å². The number of rotatable bonds is 1. The molecule has 1 aliphatic rings. The summed E-state index contributed by atoms with van der Waals surface area (Å²) in [6.45, 7) is 3.08. The van der Waals surface area contributed by atoms with Crippen molar-refractivity contribution in [2.75, 3.05) is 6.54 Å². The molecule has 0 aromatic heterocycles. The first-order valence-electron chi connectivity index (χ1n) is 5.11. The monoisotopic (exact) mass is 253 g/mol. The summed E-state index contributed by atoms with van der Waals surface area (Å²) < 4.78 is 1.26. The summed E-state index contributed by atoms with van der Waals surface area (Å²) >= 11 is 3.61. The fraction of sp³-hybridized carbons (Fsp3) is 0.500. The Morgan fingerprint density at radius 3 is 3.00 bits per heavy atom. The lowest BCUT2D eigenvalue weighted by Crippen LogP contribution is -2.33. The molecule has 2 N–H and O–H groups in total. The maximum atomic E-state index is 5.82. The van der Waals surface area contributed by atoms with E-state index in [1.807, 2.05) is 0 Å². The van der Waals surface area contributed by atoms with Crippen molar-refractivity contribution in [1.82, 2.24) is 0 Å². The average molecular weight is 254 g/mol. The van der Waals surface area contributed by atoms with Crippen LogP contribution in [0.3, 0.4) is 0 Å². The lowest BCUT2D eigenvalue weighted by Gasteiger charge is -2.34. The minimum Gasteiger partial charge on any atom is -0.330 e. The summed E-state index contributed by atoms with van der Waals surface area (Å²) in [5.41, 5.74) is 9.09.